The van der Waals surface area contributed by atoms with Crippen LogP contribution in [0.5, 0.6) is 11.5 Å². The predicted octanol–water partition coefficient (Wildman–Crippen LogP) is 1.05. The molecule has 0 atom stereocenters. The Morgan fingerprint density at radius 3 is 2.63 bits per heavy atom. The third-order valence-corrected chi connectivity index (χ3v) is 3.66. The van der Waals surface area contributed by atoms with Crippen molar-refractivity contribution in [3.63, 3.8) is 0 Å². The molecule has 0 spiro atoms. The number of rotatable bonds is 5. The molecular weight excluding hydrogens is 314 g/mol. The monoisotopic (exact) mass is 331 g/mol. The second-order valence-corrected chi connectivity index (χ2v) is 5.69. The number of aliphatic hydroxyl groups excluding tert-OH is 2. The highest BCUT2D eigenvalue weighted by Crippen LogP contribution is 2.38. The summed E-state index contributed by atoms with van der Waals surface area (Å²) in [5.41, 5.74) is 0.295. The van der Waals surface area contributed by atoms with Gasteiger partial charge in [-0.1, -0.05) is 0 Å². The molecule has 0 saturated heterocycles. The van der Waals surface area contributed by atoms with Crippen LogP contribution in [-0.4, -0.2) is 42.2 Å². The van der Waals surface area contributed by atoms with Gasteiger partial charge in [-0.15, -0.1) is 0 Å². The van der Waals surface area contributed by atoms with Crippen LogP contribution in [0.15, 0.2) is 16.6 Å². The van der Waals surface area contributed by atoms with Gasteiger partial charge in [-0.05, 0) is 40.5 Å². The van der Waals surface area contributed by atoms with Crippen molar-refractivity contribution >= 4 is 15.9 Å². The molecule has 0 saturated carbocycles. The van der Waals surface area contributed by atoms with Gasteiger partial charge in [-0.25, -0.2) is 0 Å². The third-order valence-electron chi connectivity index (χ3n) is 3.07. The van der Waals surface area contributed by atoms with Gasteiger partial charge in [0.05, 0.1) is 23.2 Å². The Hall–Kier alpha value is -0.820. The zero-order chi connectivity index (χ0) is 13.9. The van der Waals surface area contributed by atoms with Crippen molar-refractivity contribution in [1.82, 2.24) is 5.32 Å². The van der Waals surface area contributed by atoms with Crippen LogP contribution >= 0.6 is 15.9 Å². The minimum atomic E-state index is -0.695. The van der Waals surface area contributed by atoms with Crippen molar-refractivity contribution in [1.29, 1.82) is 0 Å². The molecule has 0 radical (unpaired) electrons. The third kappa shape index (κ3) is 3.39. The average molecular weight is 332 g/mol. The van der Waals surface area contributed by atoms with Crippen LogP contribution in [0, 0.1) is 0 Å². The fraction of sp³-hybridized carbons (Fsp3) is 0.538. The molecule has 5 nitrogen and oxygen atoms in total. The van der Waals surface area contributed by atoms with Gasteiger partial charge in [0.25, 0.3) is 0 Å². The van der Waals surface area contributed by atoms with E-state index >= 15 is 0 Å². The fourth-order valence-corrected chi connectivity index (χ4v) is 2.35. The molecule has 3 N–H and O–H groups in total. The van der Waals surface area contributed by atoms with Gasteiger partial charge < -0.3 is 25.0 Å². The van der Waals surface area contributed by atoms with E-state index in [0.29, 0.717) is 25.5 Å². The van der Waals surface area contributed by atoms with Crippen molar-refractivity contribution in [2.24, 2.45) is 0 Å². The number of benzene rings is 1. The summed E-state index contributed by atoms with van der Waals surface area (Å²) >= 11 is 3.46. The summed E-state index contributed by atoms with van der Waals surface area (Å²) < 4.78 is 11.9. The van der Waals surface area contributed by atoms with Gasteiger partial charge in [0, 0.05) is 6.54 Å². The smallest absolute Gasteiger partial charge is 0.175 e. The summed E-state index contributed by atoms with van der Waals surface area (Å²) in [4.78, 5) is 0. The molecular formula is C13H18BrNO4. The number of halogens is 1. The Morgan fingerprint density at radius 2 is 1.95 bits per heavy atom. The molecule has 1 aromatic rings. The molecule has 106 valence electrons. The van der Waals surface area contributed by atoms with E-state index in [1.807, 2.05) is 12.1 Å². The highest BCUT2D eigenvalue weighted by atomic mass is 79.9. The maximum absolute atomic E-state index is 9.23. The van der Waals surface area contributed by atoms with Crippen LogP contribution in [0.2, 0.25) is 0 Å². The number of aliphatic hydroxyl groups is 2. The zero-order valence-electron chi connectivity index (χ0n) is 10.8. The number of hydrogen-bond acceptors (Lipinski definition) is 5. The molecule has 0 unspecified atom stereocenters. The second kappa shape index (κ2) is 6.09. The molecule has 0 bridgehead atoms. The number of nitrogens with one attached hydrogen (secondary N) is 1. The molecule has 19 heavy (non-hydrogen) atoms. The lowest BCUT2D eigenvalue weighted by Crippen LogP contribution is -2.48. The molecule has 1 heterocycles. The van der Waals surface area contributed by atoms with E-state index < -0.39 is 5.54 Å². The summed E-state index contributed by atoms with van der Waals surface area (Å²) in [6.07, 6.45) is 0. The van der Waals surface area contributed by atoms with Crippen LogP contribution in [0.25, 0.3) is 0 Å². The average Bonchev–Trinajstić information content (AvgIpc) is 2.45. The van der Waals surface area contributed by atoms with Crippen LogP contribution in [-0.2, 0) is 6.54 Å². The molecule has 1 aliphatic rings. The van der Waals surface area contributed by atoms with E-state index in [9.17, 15) is 10.2 Å². The first kappa shape index (κ1) is 14.6. The number of hydrogen-bond donors (Lipinski definition) is 3. The highest BCUT2D eigenvalue weighted by molar-refractivity contribution is 9.10. The lowest BCUT2D eigenvalue weighted by atomic mass is 10.0. The first-order valence-electron chi connectivity index (χ1n) is 6.13. The van der Waals surface area contributed by atoms with Crippen molar-refractivity contribution in [3.05, 3.63) is 22.2 Å². The van der Waals surface area contributed by atoms with Gasteiger partial charge in [-0.3, -0.25) is 0 Å². The maximum Gasteiger partial charge on any atom is 0.175 e. The minimum Gasteiger partial charge on any atom is -0.486 e. The highest BCUT2D eigenvalue weighted by Gasteiger charge is 2.22. The Balaban J connectivity index is 2.11. The van der Waals surface area contributed by atoms with Gasteiger partial charge in [0.2, 0.25) is 0 Å². The van der Waals surface area contributed by atoms with Crippen LogP contribution in [0.3, 0.4) is 0 Å². The van der Waals surface area contributed by atoms with E-state index in [4.69, 9.17) is 9.47 Å². The van der Waals surface area contributed by atoms with Crippen LogP contribution < -0.4 is 14.8 Å². The summed E-state index contributed by atoms with van der Waals surface area (Å²) in [7, 11) is 0. The van der Waals surface area contributed by atoms with Crippen molar-refractivity contribution in [2.75, 3.05) is 26.4 Å². The van der Waals surface area contributed by atoms with Crippen LogP contribution in [0.1, 0.15) is 12.5 Å². The standard InChI is InChI=1S/C13H18BrNO4/c1-13(7-16,8-17)15-6-9-4-10(14)12-11(5-9)18-2-3-19-12/h4-5,15-17H,2-3,6-8H2,1H3. The summed E-state index contributed by atoms with van der Waals surface area (Å²) in [6.45, 7) is 3.12. The summed E-state index contributed by atoms with van der Waals surface area (Å²) in [5.74, 6) is 1.44. The van der Waals surface area contributed by atoms with E-state index in [1.54, 1.807) is 6.92 Å². The van der Waals surface area contributed by atoms with Gasteiger partial charge in [0.15, 0.2) is 11.5 Å². The van der Waals surface area contributed by atoms with E-state index in [-0.39, 0.29) is 13.2 Å². The van der Waals surface area contributed by atoms with Gasteiger partial charge in [-0.2, -0.15) is 0 Å². The molecule has 0 fully saturated rings. The minimum absolute atomic E-state index is 0.130. The van der Waals surface area contributed by atoms with E-state index in [1.165, 1.54) is 0 Å². The lowest BCUT2D eigenvalue weighted by molar-refractivity contribution is 0.103. The van der Waals surface area contributed by atoms with E-state index in [0.717, 1.165) is 15.8 Å². The van der Waals surface area contributed by atoms with Crippen molar-refractivity contribution in [3.8, 4) is 11.5 Å². The SMILES string of the molecule is CC(CO)(CO)NCc1cc(Br)c2c(c1)OCCO2. The van der Waals surface area contributed by atoms with Gasteiger partial charge >= 0.3 is 0 Å². The topological polar surface area (TPSA) is 71.0 Å². The van der Waals surface area contributed by atoms with Crippen LogP contribution in [0.4, 0.5) is 0 Å². The Kier molecular flexibility index (Phi) is 4.67. The predicted molar refractivity (Wildman–Crippen MR) is 74.5 cm³/mol. The molecule has 6 heteroatoms. The summed E-state index contributed by atoms with van der Waals surface area (Å²) in [5, 5.41) is 21.6. The second-order valence-electron chi connectivity index (χ2n) is 4.83. The maximum atomic E-state index is 9.23. The summed E-state index contributed by atoms with van der Waals surface area (Å²) in [6, 6.07) is 3.84. The Morgan fingerprint density at radius 1 is 1.26 bits per heavy atom. The molecule has 0 aliphatic carbocycles. The normalized spacial score (nSPS) is 14.5. The number of ether oxygens (including phenoxy) is 2. The molecule has 2 rings (SSSR count). The Bertz CT molecular complexity index is 449. The molecule has 0 amide bonds. The van der Waals surface area contributed by atoms with Crippen molar-refractivity contribution in [2.45, 2.75) is 19.0 Å². The Labute approximate surface area is 120 Å². The van der Waals surface area contributed by atoms with Crippen molar-refractivity contribution < 1.29 is 19.7 Å². The number of fused-ring (bicyclic) bond motifs is 1. The molecule has 1 aliphatic heterocycles. The lowest BCUT2D eigenvalue weighted by Gasteiger charge is -2.27. The zero-order valence-corrected chi connectivity index (χ0v) is 12.4. The first-order valence-corrected chi connectivity index (χ1v) is 6.92. The largest absolute Gasteiger partial charge is 0.486 e. The fourth-order valence-electron chi connectivity index (χ4n) is 1.74. The molecule has 0 aromatic heterocycles. The van der Waals surface area contributed by atoms with E-state index in [2.05, 4.69) is 21.2 Å². The first-order chi connectivity index (χ1) is 9.08. The quantitative estimate of drug-likeness (QED) is 0.752. The molecule has 1 aromatic carbocycles. The van der Waals surface area contributed by atoms with Gasteiger partial charge in [0.1, 0.15) is 13.2 Å².